The Morgan fingerprint density at radius 2 is 2.25 bits per heavy atom. The Labute approximate surface area is 101 Å². The molecule has 1 N–H and O–H groups in total. The van der Waals surface area contributed by atoms with Crippen molar-refractivity contribution in [2.75, 3.05) is 7.11 Å². The molecule has 0 unspecified atom stereocenters. The van der Waals surface area contributed by atoms with Crippen molar-refractivity contribution in [2.24, 2.45) is 0 Å². The lowest BCUT2D eigenvalue weighted by atomic mass is 9.95. The van der Waals surface area contributed by atoms with Crippen molar-refractivity contribution in [2.45, 2.75) is 5.60 Å². The molecule has 0 radical (unpaired) electrons. The number of carbonyl (C=O) groups is 1. The summed E-state index contributed by atoms with van der Waals surface area (Å²) in [6, 6.07) is 5.24. The third-order valence-electron chi connectivity index (χ3n) is 2.30. The summed E-state index contributed by atoms with van der Waals surface area (Å²) < 4.78 is 4.69. The van der Waals surface area contributed by atoms with E-state index in [0.717, 1.165) is 0 Å². The molecular formula is C11H10O3S2. The van der Waals surface area contributed by atoms with Crippen molar-refractivity contribution in [3.63, 3.8) is 0 Å². The number of carbonyl (C=O) groups excluding carboxylic acids is 1. The number of rotatable bonds is 3. The first kappa shape index (κ1) is 11.3. The Morgan fingerprint density at radius 3 is 2.75 bits per heavy atom. The zero-order valence-corrected chi connectivity index (χ0v) is 10.2. The Kier molecular flexibility index (Phi) is 3.09. The van der Waals surface area contributed by atoms with Gasteiger partial charge in [0.2, 0.25) is 5.60 Å². The summed E-state index contributed by atoms with van der Waals surface area (Å²) in [5.74, 6) is -0.659. The minimum atomic E-state index is -1.68. The largest absolute Gasteiger partial charge is 0.466 e. The third-order valence-corrected chi connectivity index (χ3v) is 3.96. The van der Waals surface area contributed by atoms with Crippen molar-refractivity contribution in [1.29, 1.82) is 0 Å². The van der Waals surface area contributed by atoms with Crippen LogP contribution in [0.5, 0.6) is 0 Å². The monoisotopic (exact) mass is 254 g/mol. The molecule has 2 aromatic rings. The number of hydrogen-bond donors (Lipinski definition) is 1. The van der Waals surface area contributed by atoms with Gasteiger partial charge < -0.3 is 9.84 Å². The second-order valence-corrected chi connectivity index (χ2v) is 4.92. The molecule has 0 aliphatic rings. The van der Waals surface area contributed by atoms with Gasteiger partial charge in [0.1, 0.15) is 0 Å². The molecule has 5 heteroatoms. The number of esters is 1. The van der Waals surface area contributed by atoms with Crippen molar-refractivity contribution in [3.05, 3.63) is 44.8 Å². The molecule has 0 aliphatic carbocycles. The first-order valence-corrected chi connectivity index (χ1v) is 6.39. The zero-order chi connectivity index (χ0) is 11.6. The van der Waals surface area contributed by atoms with Gasteiger partial charge in [0.25, 0.3) is 0 Å². The van der Waals surface area contributed by atoms with Gasteiger partial charge in [-0.05, 0) is 28.3 Å². The molecule has 2 aromatic heterocycles. The molecule has 2 rings (SSSR count). The second-order valence-electron chi connectivity index (χ2n) is 3.19. The summed E-state index contributed by atoms with van der Waals surface area (Å²) in [5.41, 5.74) is -1.13. The van der Waals surface area contributed by atoms with E-state index in [9.17, 15) is 9.90 Å². The van der Waals surface area contributed by atoms with E-state index in [2.05, 4.69) is 4.74 Å². The summed E-state index contributed by atoms with van der Waals surface area (Å²) >= 11 is 2.75. The highest BCUT2D eigenvalue weighted by atomic mass is 32.1. The number of ether oxygens (including phenoxy) is 1. The van der Waals surface area contributed by atoms with E-state index in [0.29, 0.717) is 10.4 Å². The quantitative estimate of drug-likeness (QED) is 0.854. The predicted octanol–water partition coefficient (Wildman–Crippen LogP) is 2.22. The minimum absolute atomic E-state index is 0.548. The number of methoxy groups -OCH3 is 1. The van der Waals surface area contributed by atoms with Gasteiger partial charge in [0.15, 0.2) is 0 Å². The van der Waals surface area contributed by atoms with Crippen LogP contribution in [0.25, 0.3) is 0 Å². The van der Waals surface area contributed by atoms with Crippen LogP contribution in [0.1, 0.15) is 10.4 Å². The van der Waals surface area contributed by atoms with E-state index >= 15 is 0 Å². The Bertz CT molecular complexity index is 425. The van der Waals surface area contributed by atoms with Gasteiger partial charge in [-0.1, -0.05) is 6.07 Å². The molecule has 0 saturated heterocycles. The maximum absolute atomic E-state index is 11.8. The van der Waals surface area contributed by atoms with Gasteiger partial charge in [-0.2, -0.15) is 11.3 Å². The van der Waals surface area contributed by atoms with Crippen LogP contribution in [-0.4, -0.2) is 18.2 Å². The van der Waals surface area contributed by atoms with Crippen LogP contribution in [0.4, 0.5) is 0 Å². The molecule has 84 valence electrons. The molecular weight excluding hydrogens is 244 g/mol. The summed E-state index contributed by atoms with van der Waals surface area (Å²) in [6.45, 7) is 0. The number of aliphatic hydroxyl groups is 1. The van der Waals surface area contributed by atoms with Crippen LogP contribution in [0.3, 0.4) is 0 Å². The summed E-state index contributed by atoms with van der Waals surface area (Å²) in [6.07, 6.45) is 0. The van der Waals surface area contributed by atoms with Crippen molar-refractivity contribution in [1.82, 2.24) is 0 Å². The Balaban J connectivity index is 2.54. The van der Waals surface area contributed by atoms with Crippen LogP contribution < -0.4 is 0 Å². The van der Waals surface area contributed by atoms with Crippen molar-refractivity contribution < 1.29 is 14.6 Å². The number of hydrogen-bond acceptors (Lipinski definition) is 5. The molecule has 0 aromatic carbocycles. The topological polar surface area (TPSA) is 46.5 Å². The van der Waals surface area contributed by atoms with Crippen molar-refractivity contribution >= 4 is 28.6 Å². The number of thiophene rings is 2. The van der Waals surface area contributed by atoms with E-state index in [4.69, 9.17) is 0 Å². The van der Waals surface area contributed by atoms with Crippen LogP contribution in [0.2, 0.25) is 0 Å². The van der Waals surface area contributed by atoms with E-state index in [1.54, 1.807) is 23.6 Å². The molecule has 3 nitrogen and oxygen atoms in total. The second kappa shape index (κ2) is 4.37. The lowest BCUT2D eigenvalue weighted by Crippen LogP contribution is -2.36. The first-order chi connectivity index (χ1) is 7.69. The molecule has 1 atom stereocenters. The lowest BCUT2D eigenvalue weighted by Gasteiger charge is -2.22. The summed E-state index contributed by atoms with van der Waals surface area (Å²) in [7, 11) is 1.27. The average Bonchev–Trinajstić information content (AvgIpc) is 2.98. The van der Waals surface area contributed by atoms with Crippen LogP contribution in [-0.2, 0) is 15.1 Å². The Morgan fingerprint density at radius 1 is 1.44 bits per heavy atom. The lowest BCUT2D eigenvalue weighted by molar-refractivity contribution is -0.158. The molecule has 0 fully saturated rings. The van der Waals surface area contributed by atoms with Gasteiger partial charge in [-0.3, -0.25) is 0 Å². The van der Waals surface area contributed by atoms with Crippen LogP contribution >= 0.6 is 22.7 Å². The average molecular weight is 254 g/mol. The maximum Gasteiger partial charge on any atom is 0.348 e. The Hall–Kier alpha value is -1.17. The molecule has 0 amide bonds. The molecule has 0 aliphatic heterocycles. The highest BCUT2D eigenvalue weighted by Crippen LogP contribution is 2.34. The predicted molar refractivity (Wildman–Crippen MR) is 63.7 cm³/mol. The molecule has 2 heterocycles. The normalized spacial score (nSPS) is 14.4. The summed E-state index contributed by atoms with van der Waals surface area (Å²) in [4.78, 5) is 12.3. The van der Waals surface area contributed by atoms with E-state index < -0.39 is 11.6 Å². The van der Waals surface area contributed by atoms with Gasteiger partial charge in [-0.15, -0.1) is 11.3 Å². The maximum atomic E-state index is 11.8. The fourth-order valence-corrected chi connectivity index (χ4v) is 3.00. The van der Waals surface area contributed by atoms with Gasteiger partial charge in [-0.25, -0.2) is 4.79 Å². The van der Waals surface area contributed by atoms with Gasteiger partial charge >= 0.3 is 5.97 Å². The van der Waals surface area contributed by atoms with Crippen LogP contribution in [0, 0.1) is 0 Å². The van der Waals surface area contributed by atoms with Crippen LogP contribution in [0.15, 0.2) is 34.3 Å². The minimum Gasteiger partial charge on any atom is -0.466 e. The highest BCUT2D eigenvalue weighted by molar-refractivity contribution is 7.10. The molecule has 0 bridgehead atoms. The fourth-order valence-electron chi connectivity index (χ4n) is 1.46. The standard InChI is InChI=1S/C11H10O3S2/c1-14-10(12)11(13,8-4-6-15-7-8)9-3-2-5-16-9/h2-7,13H,1H3/t11-/m0/s1. The first-order valence-electron chi connectivity index (χ1n) is 4.57. The van der Waals surface area contributed by atoms with E-state index in [1.165, 1.54) is 29.8 Å². The molecule has 0 saturated carbocycles. The van der Waals surface area contributed by atoms with Gasteiger partial charge in [0.05, 0.1) is 12.0 Å². The summed E-state index contributed by atoms with van der Waals surface area (Å²) in [5, 5.41) is 15.9. The highest BCUT2D eigenvalue weighted by Gasteiger charge is 2.42. The van der Waals surface area contributed by atoms with Crippen molar-refractivity contribution in [3.8, 4) is 0 Å². The smallest absolute Gasteiger partial charge is 0.348 e. The molecule has 16 heavy (non-hydrogen) atoms. The van der Waals surface area contributed by atoms with E-state index in [1.807, 2.05) is 10.8 Å². The zero-order valence-electron chi connectivity index (χ0n) is 8.54. The third kappa shape index (κ3) is 1.67. The fraction of sp³-hybridized carbons (Fsp3) is 0.182. The van der Waals surface area contributed by atoms with E-state index in [-0.39, 0.29) is 0 Å². The SMILES string of the molecule is COC(=O)[C@](O)(c1ccsc1)c1cccs1. The molecule has 0 spiro atoms. The van der Waals surface area contributed by atoms with Gasteiger partial charge in [0, 0.05) is 5.56 Å².